The summed E-state index contributed by atoms with van der Waals surface area (Å²) < 4.78 is 5.67. The predicted molar refractivity (Wildman–Crippen MR) is 129 cm³/mol. The molecule has 0 radical (unpaired) electrons. The second kappa shape index (κ2) is 12.1. The number of hydrogen-bond donors (Lipinski definition) is 1. The summed E-state index contributed by atoms with van der Waals surface area (Å²) in [7, 11) is 0. The number of nitro groups is 2. The SMILES string of the molecule is O=C(CSCc1ccc([N+](=O)[O-])cc1)N/N=C/c1ccc(OCc2ccc([N+](=O)[O-])cc2)cc1. The molecular weight excluding hydrogens is 460 g/mol. The zero-order valence-electron chi connectivity index (χ0n) is 17.8. The van der Waals surface area contributed by atoms with E-state index in [1.807, 2.05) is 0 Å². The first-order valence-electron chi connectivity index (χ1n) is 10.00. The van der Waals surface area contributed by atoms with Crippen LogP contribution in [0.1, 0.15) is 16.7 Å². The third-order valence-corrected chi connectivity index (χ3v) is 5.49. The summed E-state index contributed by atoms with van der Waals surface area (Å²) in [5.74, 6) is 1.12. The fraction of sp³-hybridized carbons (Fsp3) is 0.130. The van der Waals surface area contributed by atoms with Gasteiger partial charge in [-0.3, -0.25) is 25.0 Å². The van der Waals surface area contributed by atoms with E-state index in [2.05, 4.69) is 10.5 Å². The summed E-state index contributed by atoms with van der Waals surface area (Å²) in [6, 6.07) is 19.4. The molecule has 0 atom stereocenters. The molecule has 0 aliphatic carbocycles. The quantitative estimate of drug-likeness (QED) is 0.243. The molecule has 174 valence electrons. The maximum absolute atomic E-state index is 11.9. The first-order chi connectivity index (χ1) is 16.4. The maximum atomic E-state index is 11.9. The average Bonchev–Trinajstić information content (AvgIpc) is 2.84. The number of carbonyl (C=O) groups excluding carboxylic acids is 1. The first-order valence-corrected chi connectivity index (χ1v) is 11.2. The molecule has 3 rings (SSSR count). The van der Waals surface area contributed by atoms with Crippen LogP contribution in [0.4, 0.5) is 11.4 Å². The largest absolute Gasteiger partial charge is 0.489 e. The standard InChI is InChI=1S/C23H20N4O6S/c28-23(16-34-15-19-3-9-21(10-4-19)27(31)32)25-24-13-17-5-11-22(12-6-17)33-14-18-1-7-20(8-2-18)26(29)30/h1-13H,14-16H2,(H,25,28)/b24-13+. The number of nitrogens with zero attached hydrogens (tertiary/aromatic N) is 3. The number of nitro benzene ring substituents is 2. The predicted octanol–water partition coefficient (Wildman–Crippen LogP) is 4.47. The van der Waals surface area contributed by atoms with Gasteiger partial charge in [-0.15, -0.1) is 11.8 Å². The van der Waals surface area contributed by atoms with Gasteiger partial charge in [0.15, 0.2) is 0 Å². The molecule has 3 aromatic carbocycles. The van der Waals surface area contributed by atoms with Crippen LogP contribution in [0.5, 0.6) is 5.75 Å². The molecule has 1 N–H and O–H groups in total. The molecule has 0 fully saturated rings. The Morgan fingerprint density at radius 2 is 1.44 bits per heavy atom. The molecule has 0 saturated carbocycles. The number of hydrazone groups is 1. The Hall–Kier alpha value is -4.25. The number of benzene rings is 3. The van der Waals surface area contributed by atoms with Gasteiger partial charge in [0.25, 0.3) is 11.4 Å². The van der Waals surface area contributed by atoms with Crippen LogP contribution in [0.15, 0.2) is 77.9 Å². The minimum atomic E-state index is -0.454. The van der Waals surface area contributed by atoms with Crippen LogP contribution in [-0.2, 0) is 17.2 Å². The molecule has 0 aromatic heterocycles. The van der Waals surface area contributed by atoms with Gasteiger partial charge in [-0.2, -0.15) is 5.10 Å². The summed E-state index contributed by atoms with van der Waals surface area (Å²) in [4.78, 5) is 32.3. The van der Waals surface area contributed by atoms with Crippen LogP contribution in [-0.4, -0.2) is 27.7 Å². The fourth-order valence-electron chi connectivity index (χ4n) is 2.72. The lowest BCUT2D eigenvalue weighted by molar-refractivity contribution is -0.385. The van der Waals surface area contributed by atoms with Crippen molar-refractivity contribution in [3.63, 3.8) is 0 Å². The minimum absolute atomic E-state index is 0.0302. The van der Waals surface area contributed by atoms with Crippen LogP contribution < -0.4 is 10.2 Å². The topological polar surface area (TPSA) is 137 Å². The van der Waals surface area contributed by atoms with E-state index in [-0.39, 0.29) is 29.6 Å². The Kier molecular flexibility index (Phi) is 8.69. The number of rotatable bonds is 11. The Morgan fingerprint density at radius 3 is 2.00 bits per heavy atom. The summed E-state index contributed by atoms with van der Waals surface area (Å²) in [5, 5.41) is 25.3. The van der Waals surface area contributed by atoms with E-state index in [4.69, 9.17) is 4.74 Å². The average molecular weight is 481 g/mol. The van der Waals surface area contributed by atoms with E-state index in [1.54, 1.807) is 48.5 Å². The molecule has 3 aromatic rings. The van der Waals surface area contributed by atoms with Crippen molar-refractivity contribution in [3.8, 4) is 5.75 Å². The van der Waals surface area contributed by atoms with Crippen molar-refractivity contribution in [3.05, 3.63) is 110 Å². The molecule has 0 aliphatic heterocycles. The Bertz CT molecular complexity index is 1170. The van der Waals surface area contributed by atoms with Gasteiger partial charge < -0.3 is 4.74 Å². The molecule has 10 nitrogen and oxygen atoms in total. The number of non-ortho nitro benzene ring substituents is 2. The summed E-state index contributed by atoms with van der Waals surface area (Å²) in [6.45, 7) is 0.277. The third kappa shape index (κ3) is 7.71. The van der Waals surface area contributed by atoms with Gasteiger partial charge in [-0.1, -0.05) is 12.1 Å². The van der Waals surface area contributed by atoms with Gasteiger partial charge >= 0.3 is 0 Å². The third-order valence-electron chi connectivity index (χ3n) is 4.48. The van der Waals surface area contributed by atoms with Gasteiger partial charge in [0.05, 0.1) is 21.8 Å². The highest BCUT2D eigenvalue weighted by molar-refractivity contribution is 7.99. The maximum Gasteiger partial charge on any atom is 0.269 e. The van der Waals surface area contributed by atoms with Crippen LogP contribution in [0, 0.1) is 20.2 Å². The Balaban J connectivity index is 1.37. The molecule has 0 heterocycles. The summed E-state index contributed by atoms with van der Waals surface area (Å²) in [6.07, 6.45) is 1.51. The van der Waals surface area contributed by atoms with E-state index in [0.717, 1.165) is 16.7 Å². The van der Waals surface area contributed by atoms with Crippen molar-refractivity contribution in [2.45, 2.75) is 12.4 Å². The molecule has 0 unspecified atom stereocenters. The Morgan fingerprint density at radius 1 is 0.882 bits per heavy atom. The van der Waals surface area contributed by atoms with Crippen molar-refractivity contribution in [1.82, 2.24) is 5.43 Å². The number of amides is 1. The highest BCUT2D eigenvalue weighted by Crippen LogP contribution is 2.17. The molecule has 11 heteroatoms. The van der Waals surface area contributed by atoms with E-state index < -0.39 is 9.85 Å². The second-order valence-electron chi connectivity index (χ2n) is 6.99. The van der Waals surface area contributed by atoms with Gasteiger partial charge in [-0.25, -0.2) is 5.43 Å². The highest BCUT2D eigenvalue weighted by atomic mass is 32.2. The lowest BCUT2D eigenvalue weighted by atomic mass is 10.2. The summed E-state index contributed by atoms with van der Waals surface area (Å²) in [5.41, 5.74) is 4.99. The van der Waals surface area contributed by atoms with Crippen LogP contribution in [0.2, 0.25) is 0 Å². The van der Waals surface area contributed by atoms with E-state index in [1.165, 1.54) is 42.2 Å². The molecule has 0 saturated heterocycles. The lowest BCUT2D eigenvalue weighted by Crippen LogP contribution is -2.19. The second-order valence-corrected chi connectivity index (χ2v) is 7.98. The Labute approximate surface area is 198 Å². The number of hydrogen-bond acceptors (Lipinski definition) is 8. The first kappa shape index (κ1) is 24.4. The van der Waals surface area contributed by atoms with Gasteiger partial charge in [-0.05, 0) is 53.1 Å². The van der Waals surface area contributed by atoms with Crippen molar-refractivity contribution in [1.29, 1.82) is 0 Å². The lowest BCUT2D eigenvalue weighted by Gasteiger charge is -2.06. The van der Waals surface area contributed by atoms with Crippen molar-refractivity contribution in [2.75, 3.05) is 5.75 Å². The van der Waals surface area contributed by atoms with Gasteiger partial charge in [0.2, 0.25) is 5.91 Å². The monoisotopic (exact) mass is 480 g/mol. The number of nitrogens with one attached hydrogen (secondary N) is 1. The zero-order valence-corrected chi connectivity index (χ0v) is 18.6. The molecule has 0 spiro atoms. The molecule has 34 heavy (non-hydrogen) atoms. The van der Waals surface area contributed by atoms with Crippen molar-refractivity contribution >= 4 is 35.3 Å². The normalized spacial score (nSPS) is 10.7. The molecule has 0 aliphatic rings. The fourth-order valence-corrected chi connectivity index (χ4v) is 3.50. The minimum Gasteiger partial charge on any atom is -0.489 e. The van der Waals surface area contributed by atoms with E-state index in [0.29, 0.717) is 11.5 Å². The number of thioether (sulfide) groups is 1. The summed E-state index contributed by atoms with van der Waals surface area (Å²) >= 11 is 1.38. The number of ether oxygens (including phenoxy) is 1. The highest BCUT2D eigenvalue weighted by Gasteiger charge is 2.06. The molecule has 0 bridgehead atoms. The van der Waals surface area contributed by atoms with Gasteiger partial charge in [0, 0.05) is 30.0 Å². The molecular formula is C23H20N4O6S. The van der Waals surface area contributed by atoms with Crippen LogP contribution in [0.3, 0.4) is 0 Å². The zero-order chi connectivity index (χ0) is 24.3. The van der Waals surface area contributed by atoms with Crippen molar-refractivity contribution in [2.24, 2.45) is 5.10 Å². The van der Waals surface area contributed by atoms with Crippen molar-refractivity contribution < 1.29 is 19.4 Å². The number of carbonyl (C=O) groups is 1. The smallest absolute Gasteiger partial charge is 0.269 e. The molecule has 1 amide bonds. The van der Waals surface area contributed by atoms with E-state index in [9.17, 15) is 25.0 Å². The van der Waals surface area contributed by atoms with E-state index >= 15 is 0 Å². The van der Waals surface area contributed by atoms with Crippen LogP contribution in [0.25, 0.3) is 0 Å². The van der Waals surface area contributed by atoms with Gasteiger partial charge in [0.1, 0.15) is 12.4 Å². The van der Waals surface area contributed by atoms with Crippen LogP contribution >= 0.6 is 11.8 Å².